The Labute approximate surface area is 185 Å². The van der Waals surface area contributed by atoms with Crippen LogP contribution in [-0.2, 0) is 4.79 Å². The van der Waals surface area contributed by atoms with Gasteiger partial charge in [0, 0.05) is 12.0 Å². The van der Waals surface area contributed by atoms with E-state index in [2.05, 4.69) is 12.2 Å². The Balaban J connectivity index is 1.93. The Morgan fingerprint density at radius 2 is 1.03 bits per heavy atom. The maximum Gasteiger partial charge on any atom is 0.257 e. The van der Waals surface area contributed by atoms with Gasteiger partial charge in [0.2, 0.25) is 5.91 Å². The van der Waals surface area contributed by atoms with E-state index in [4.69, 9.17) is 0 Å². The molecular formula is C27H45NO2. The van der Waals surface area contributed by atoms with E-state index in [0.29, 0.717) is 12.0 Å². The molecule has 0 spiro atoms. The van der Waals surface area contributed by atoms with Gasteiger partial charge in [0.1, 0.15) is 0 Å². The third-order valence-electron chi connectivity index (χ3n) is 5.74. The van der Waals surface area contributed by atoms with Gasteiger partial charge in [0.15, 0.2) is 0 Å². The largest absolute Gasteiger partial charge is 0.292 e. The molecule has 0 saturated heterocycles. The molecule has 1 rings (SSSR count). The molecule has 3 nitrogen and oxygen atoms in total. The summed E-state index contributed by atoms with van der Waals surface area (Å²) in [4.78, 5) is 24.2. The van der Waals surface area contributed by atoms with Crippen molar-refractivity contribution in [2.45, 2.75) is 124 Å². The molecule has 1 aromatic carbocycles. The molecule has 0 bridgehead atoms. The van der Waals surface area contributed by atoms with Gasteiger partial charge in [-0.15, -0.1) is 0 Å². The number of hydrogen-bond donors (Lipinski definition) is 1. The molecule has 0 saturated carbocycles. The number of nitrogens with one attached hydrogen (secondary N) is 1. The maximum atomic E-state index is 12.2. The van der Waals surface area contributed by atoms with Crippen molar-refractivity contribution in [3.05, 3.63) is 34.9 Å². The number of carbonyl (C=O) groups is 2. The fraction of sp³-hybridized carbons (Fsp3) is 0.704. The van der Waals surface area contributed by atoms with Gasteiger partial charge in [-0.1, -0.05) is 114 Å². The standard InChI is InChI=1S/C27H45NO2/c1-4-5-6-7-8-9-10-11-12-13-14-15-16-17-18-19-26(29)28-27(30)25-21-23(2)20-24(3)22-25/h20-22H,4-19H2,1-3H3,(H,28,29,30). The summed E-state index contributed by atoms with van der Waals surface area (Å²) in [6.07, 6.45) is 20.1. The van der Waals surface area contributed by atoms with Crippen molar-refractivity contribution < 1.29 is 9.59 Å². The monoisotopic (exact) mass is 415 g/mol. The average Bonchev–Trinajstić information content (AvgIpc) is 2.70. The molecule has 0 atom stereocenters. The lowest BCUT2D eigenvalue weighted by Gasteiger charge is -2.06. The van der Waals surface area contributed by atoms with Crippen LogP contribution in [0.1, 0.15) is 131 Å². The summed E-state index contributed by atoms with van der Waals surface area (Å²) in [6, 6.07) is 5.67. The van der Waals surface area contributed by atoms with E-state index in [-0.39, 0.29) is 11.8 Å². The van der Waals surface area contributed by atoms with Crippen molar-refractivity contribution in [2.75, 3.05) is 0 Å². The van der Waals surface area contributed by atoms with Gasteiger partial charge in [0.25, 0.3) is 5.91 Å². The number of rotatable bonds is 17. The third kappa shape index (κ3) is 13.6. The fourth-order valence-electron chi connectivity index (χ4n) is 4.02. The normalized spacial score (nSPS) is 10.9. The molecule has 0 aliphatic rings. The van der Waals surface area contributed by atoms with E-state index in [1.165, 1.54) is 83.5 Å². The first kappa shape index (κ1) is 26.4. The van der Waals surface area contributed by atoms with Crippen LogP contribution in [0.3, 0.4) is 0 Å². The molecule has 0 aromatic heterocycles. The number of carbonyl (C=O) groups excluding carboxylic acids is 2. The van der Waals surface area contributed by atoms with E-state index in [0.717, 1.165) is 24.0 Å². The maximum absolute atomic E-state index is 12.2. The van der Waals surface area contributed by atoms with Crippen molar-refractivity contribution in [1.82, 2.24) is 5.32 Å². The van der Waals surface area contributed by atoms with Crippen molar-refractivity contribution in [3.63, 3.8) is 0 Å². The summed E-state index contributed by atoms with van der Waals surface area (Å²) < 4.78 is 0. The summed E-state index contributed by atoms with van der Waals surface area (Å²) in [5.41, 5.74) is 2.64. The number of imide groups is 1. The van der Waals surface area contributed by atoms with Crippen molar-refractivity contribution in [3.8, 4) is 0 Å². The van der Waals surface area contributed by atoms with Crippen molar-refractivity contribution >= 4 is 11.8 Å². The molecule has 0 aliphatic carbocycles. The molecule has 0 unspecified atom stereocenters. The Morgan fingerprint density at radius 3 is 1.47 bits per heavy atom. The molecule has 0 aliphatic heterocycles. The summed E-state index contributed by atoms with van der Waals surface area (Å²) >= 11 is 0. The molecule has 1 aromatic rings. The molecule has 0 heterocycles. The summed E-state index contributed by atoms with van der Waals surface area (Å²) in [5.74, 6) is -0.443. The number of amides is 2. The first-order chi connectivity index (χ1) is 14.5. The third-order valence-corrected chi connectivity index (χ3v) is 5.74. The van der Waals surface area contributed by atoms with Crippen LogP contribution in [0.2, 0.25) is 0 Å². The number of unbranched alkanes of at least 4 members (excludes halogenated alkanes) is 14. The average molecular weight is 416 g/mol. The van der Waals surface area contributed by atoms with Crippen LogP contribution in [0.5, 0.6) is 0 Å². The SMILES string of the molecule is CCCCCCCCCCCCCCCCCC(=O)NC(=O)c1cc(C)cc(C)c1. The van der Waals surface area contributed by atoms with E-state index >= 15 is 0 Å². The Kier molecular flexibility index (Phi) is 15.0. The first-order valence-corrected chi connectivity index (χ1v) is 12.5. The predicted molar refractivity (Wildman–Crippen MR) is 128 cm³/mol. The van der Waals surface area contributed by atoms with Crippen LogP contribution >= 0.6 is 0 Å². The van der Waals surface area contributed by atoms with Gasteiger partial charge in [-0.25, -0.2) is 0 Å². The molecule has 0 fully saturated rings. The van der Waals surface area contributed by atoms with Crippen LogP contribution in [0.15, 0.2) is 18.2 Å². The highest BCUT2D eigenvalue weighted by atomic mass is 16.2. The van der Waals surface area contributed by atoms with Gasteiger partial charge >= 0.3 is 0 Å². The van der Waals surface area contributed by atoms with Crippen LogP contribution in [0.4, 0.5) is 0 Å². The quantitative estimate of drug-likeness (QED) is 0.264. The van der Waals surface area contributed by atoms with Gasteiger partial charge in [-0.2, -0.15) is 0 Å². The van der Waals surface area contributed by atoms with Gasteiger partial charge < -0.3 is 0 Å². The minimum atomic E-state index is -0.284. The lowest BCUT2D eigenvalue weighted by atomic mass is 10.0. The van der Waals surface area contributed by atoms with E-state index in [1.54, 1.807) is 0 Å². The minimum Gasteiger partial charge on any atom is -0.292 e. The van der Waals surface area contributed by atoms with Crippen LogP contribution in [-0.4, -0.2) is 11.8 Å². The second kappa shape index (κ2) is 17.1. The Hall–Kier alpha value is -1.64. The minimum absolute atomic E-state index is 0.158. The van der Waals surface area contributed by atoms with Gasteiger partial charge in [0.05, 0.1) is 0 Å². The summed E-state index contributed by atoms with van der Waals surface area (Å²) in [5, 5.41) is 2.52. The first-order valence-electron chi connectivity index (χ1n) is 12.5. The Morgan fingerprint density at radius 1 is 0.633 bits per heavy atom. The van der Waals surface area contributed by atoms with Crippen LogP contribution in [0, 0.1) is 13.8 Å². The van der Waals surface area contributed by atoms with E-state index in [9.17, 15) is 9.59 Å². The second-order valence-electron chi connectivity index (χ2n) is 8.95. The molecule has 1 N–H and O–H groups in total. The van der Waals surface area contributed by atoms with E-state index in [1.807, 2.05) is 32.0 Å². The number of aryl methyl sites for hydroxylation is 2. The smallest absolute Gasteiger partial charge is 0.257 e. The van der Waals surface area contributed by atoms with Crippen LogP contribution in [0.25, 0.3) is 0 Å². The highest BCUT2D eigenvalue weighted by Crippen LogP contribution is 2.14. The predicted octanol–water partition coefficient (Wildman–Crippen LogP) is 7.82. The van der Waals surface area contributed by atoms with Crippen molar-refractivity contribution in [2.24, 2.45) is 0 Å². The zero-order valence-corrected chi connectivity index (χ0v) is 19.9. The number of benzene rings is 1. The molecular weight excluding hydrogens is 370 g/mol. The topological polar surface area (TPSA) is 46.2 Å². The van der Waals surface area contributed by atoms with Crippen molar-refractivity contribution in [1.29, 1.82) is 0 Å². The highest BCUT2D eigenvalue weighted by molar-refractivity contribution is 6.04. The number of hydrogen-bond acceptors (Lipinski definition) is 2. The lowest BCUT2D eigenvalue weighted by molar-refractivity contribution is -0.120. The zero-order valence-electron chi connectivity index (χ0n) is 19.9. The summed E-state index contributed by atoms with van der Waals surface area (Å²) in [7, 11) is 0. The Bertz CT molecular complexity index is 589. The fourth-order valence-corrected chi connectivity index (χ4v) is 4.02. The van der Waals surface area contributed by atoms with E-state index < -0.39 is 0 Å². The van der Waals surface area contributed by atoms with Gasteiger partial charge in [-0.3, -0.25) is 14.9 Å². The second-order valence-corrected chi connectivity index (χ2v) is 8.95. The zero-order chi connectivity index (χ0) is 22.0. The molecule has 3 heteroatoms. The molecule has 30 heavy (non-hydrogen) atoms. The molecule has 170 valence electrons. The summed E-state index contributed by atoms with van der Waals surface area (Å²) in [6.45, 7) is 6.19. The highest BCUT2D eigenvalue weighted by Gasteiger charge is 2.10. The molecule has 2 amide bonds. The van der Waals surface area contributed by atoms with Crippen LogP contribution < -0.4 is 5.32 Å². The van der Waals surface area contributed by atoms with Gasteiger partial charge in [-0.05, 0) is 32.4 Å². The lowest BCUT2D eigenvalue weighted by Crippen LogP contribution is -2.30. The molecule has 0 radical (unpaired) electrons.